The van der Waals surface area contributed by atoms with E-state index in [1.165, 1.54) is 10.7 Å². The summed E-state index contributed by atoms with van der Waals surface area (Å²) in [5.41, 5.74) is 5.83. The van der Waals surface area contributed by atoms with E-state index in [1.54, 1.807) is 6.92 Å². The average molecular weight is 400 g/mol. The molecule has 0 amide bonds. The van der Waals surface area contributed by atoms with Crippen LogP contribution >= 0.6 is 0 Å². The van der Waals surface area contributed by atoms with E-state index in [-0.39, 0.29) is 17.1 Å². The SMILES string of the molecule is Cc1cc(=O)[nH]c(NN=C(c2ccccc2)c2c(C)[nH]n(-c3ccccc3)c2=O)n1. The van der Waals surface area contributed by atoms with Gasteiger partial charge in [0.15, 0.2) is 0 Å². The van der Waals surface area contributed by atoms with Crippen LogP contribution in [0.5, 0.6) is 0 Å². The highest BCUT2D eigenvalue weighted by Crippen LogP contribution is 2.13. The van der Waals surface area contributed by atoms with Gasteiger partial charge >= 0.3 is 0 Å². The van der Waals surface area contributed by atoms with Crippen LogP contribution in [0.4, 0.5) is 5.95 Å². The number of rotatable bonds is 5. The first-order valence-corrected chi connectivity index (χ1v) is 9.37. The molecule has 0 spiro atoms. The Kier molecular flexibility index (Phi) is 5.13. The molecule has 0 aliphatic heterocycles. The van der Waals surface area contributed by atoms with E-state index in [2.05, 4.69) is 25.6 Å². The standard InChI is InChI=1S/C22H20N6O2/c1-14-13-18(29)24-22(23-14)26-25-20(16-9-5-3-6-10-16)19-15(2)27-28(21(19)30)17-11-7-4-8-12-17/h3-13,27H,1-2H3,(H2,23,24,26,29). The summed E-state index contributed by atoms with van der Waals surface area (Å²) in [6, 6.07) is 20.1. The number of anilines is 1. The summed E-state index contributed by atoms with van der Waals surface area (Å²) in [5.74, 6) is 0.199. The predicted octanol–water partition coefficient (Wildman–Crippen LogP) is 2.73. The van der Waals surface area contributed by atoms with Gasteiger partial charge in [-0.15, -0.1) is 0 Å². The number of benzene rings is 2. The summed E-state index contributed by atoms with van der Waals surface area (Å²) in [6.07, 6.45) is 0. The molecule has 150 valence electrons. The number of aromatic nitrogens is 4. The van der Waals surface area contributed by atoms with Gasteiger partial charge in [-0.2, -0.15) is 5.10 Å². The van der Waals surface area contributed by atoms with Crippen molar-refractivity contribution in [2.24, 2.45) is 5.10 Å². The van der Waals surface area contributed by atoms with Gasteiger partial charge in [-0.05, 0) is 26.0 Å². The summed E-state index contributed by atoms with van der Waals surface area (Å²) in [4.78, 5) is 31.8. The number of aryl methyl sites for hydroxylation is 2. The molecule has 0 unspecified atom stereocenters. The molecule has 0 aliphatic carbocycles. The third kappa shape index (κ3) is 3.83. The summed E-state index contributed by atoms with van der Waals surface area (Å²) >= 11 is 0. The fourth-order valence-electron chi connectivity index (χ4n) is 3.19. The molecule has 0 saturated heterocycles. The Hall–Kier alpha value is -4.20. The number of hydrazone groups is 1. The molecule has 3 N–H and O–H groups in total. The Morgan fingerprint density at radius 1 is 1.00 bits per heavy atom. The van der Waals surface area contributed by atoms with Crippen LogP contribution in [0.3, 0.4) is 0 Å². The van der Waals surface area contributed by atoms with Gasteiger partial charge in [-0.3, -0.25) is 19.7 Å². The third-order valence-corrected chi connectivity index (χ3v) is 4.51. The van der Waals surface area contributed by atoms with E-state index in [0.717, 1.165) is 11.3 Å². The molecule has 2 heterocycles. The van der Waals surface area contributed by atoms with Crippen LogP contribution in [0.25, 0.3) is 5.69 Å². The van der Waals surface area contributed by atoms with Gasteiger partial charge in [-0.1, -0.05) is 48.5 Å². The second-order valence-corrected chi connectivity index (χ2v) is 6.76. The Balaban J connectivity index is 1.85. The van der Waals surface area contributed by atoms with Crippen molar-refractivity contribution in [2.45, 2.75) is 13.8 Å². The Bertz CT molecular complexity index is 1320. The largest absolute Gasteiger partial charge is 0.295 e. The number of para-hydroxylation sites is 1. The molecule has 4 aromatic rings. The lowest BCUT2D eigenvalue weighted by Gasteiger charge is -2.07. The number of aromatic amines is 2. The maximum atomic E-state index is 13.3. The number of nitrogens with one attached hydrogen (secondary N) is 3. The van der Waals surface area contributed by atoms with Crippen molar-refractivity contribution >= 4 is 11.7 Å². The van der Waals surface area contributed by atoms with E-state index in [9.17, 15) is 9.59 Å². The van der Waals surface area contributed by atoms with Crippen molar-refractivity contribution in [3.63, 3.8) is 0 Å². The predicted molar refractivity (Wildman–Crippen MR) is 116 cm³/mol. The lowest BCUT2D eigenvalue weighted by molar-refractivity contribution is 0.835. The molecule has 0 bridgehead atoms. The van der Waals surface area contributed by atoms with Crippen LogP contribution in [0.15, 0.2) is 81.4 Å². The molecular weight excluding hydrogens is 380 g/mol. The number of hydrogen-bond donors (Lipinski definition) is 3. The molecule has 30 heavy (non-hydrogen) atoms. The maximum Gasteiger partial charge on any atom is 0.281 e. The van der Waals surface area contributed by atoms with Crippen molar-refractivity contribution in [2.75, 3.05) is 5.43 Å². The van der Waals surface area contributed by atoms with Gasteiger partial charge in [-0.25, -0.2) is 15.1 Å². The van der Waals surface area contributed by atoms with E-state index in [1.807, 2.05) is 67.6 Å². The Morgan fingerprint density at radius 2 is 1.67 bits per heavy atom. The highest BCUT2D eigenvalue weighted by atomic mass is 16.1. The maximum absolute atomic E-state index is 13.3. The van der Waals surface area contributed by atoms with E-state index >= 15 is 0 Å². The minimum absolute atomic E-state index is 0.199. The molecule has 2 aromatic carbocycles. The first-order valence-electron chi connectivity index (χ1n) is 9.37. The summed E-state index contributed by atoms with van der Waals surface area (Å²) in [7, 11) is 0. The third-order valence-electron chi connectivity index (χ3n) is 4.51. The molecule has 0 atom stereocenters. The second-order valence-electron chi connectivity index (χ2n) is 6.76. The molecule has 8 nitrogen and oxygen atoms in total. The van der Waals surface area contributed by atoms with Gasteiger partial charge in [0, 0.05) is 23.0 Å². The monoisotopic (exact) mass is 400 g/mol. The zero-order valence-electron chi connectivity index (χ0n) is 16.5. The molecular formula is C22H20N6O2. The average Bonchev–Trinajstić information content (AvgIpc) is 3.03. The highest BCUT2D eigenvalue weighted by molar-refractivity contribution is 6.13. The van der Waals surface area contributed by atoms with Gasteiger partial charge in [0.2, 0.25) is 5.95 Å². The molecule has 0 saturated carbocycles. The van der Waals surface area contributed by atoms with Crippen LogP contribution in [0.1, 0.15) is 22.5 Å². The number of hydrogen-bond acceptors (Lipinski definition) is 5. The van der Waals surface area contributed by atoms with Gasteiger partial charge in [0.1, 0.15) is 5.71 Å². The summed E-state index contributed by atoms with van der Waals surface area (Å²) < 4.78 is 1.48. The van der Waals surface area contributed by atoms with Crippen LogP contribution < -0.4 is 16.5 Å². The van der Waals surface area contributed by atoms with Crippen LogP contribution in [0.2, 0.25) is 0 Å². The summed E-state index contributed by atoms with van der Waals surface area (Å²) in [5, 5.41) is 7.56. The van der Waals surface area contributed by atoms with Crippen LogP contribution in [-0.2, 0) is 0 Å². The zero-order chi connectivity index (χ0) is 21.1. The number of H-pyrrole nitrogens is 2. The van der Waals surface area contributed by atoms with Gasteiger partial charge in [0.25, 0.3) is 11.1 Å². The normalized spacial score (nSPS) is 11.5. The fourth-order valence-corrected chi connectivity index (χ4v) is 3.19. The smallest absolute Gasteiger partial charge is 0.281 e. The zero-order valence-corrected chi connectivity index (χ0v) is 16.5. The van der Waals surface area contributed by atoms with Crippen molar-refractivity contribution in [1.82, 2.24) is 19.7 Å². The van der Waals surface area contributed by atoms with Crippen molar-refractivity contribution in [3.8, 4) is 5.69 Å². The number of nitrogens with zero attached hydrogens (tertiary/aromatic N) is 3. The summed E-state index contributed by atoms with van der Waals surface area (Å²) in [6.45, 7) is 3.54. The molecule has 0 fully saturated rings. The first-order chi connectivity index (χ1) is 14.5. The van der Waals surface area contributed by atoms with Crippen LogP contribution in [0, 0.1) is 13.8 Å². The molecule has 2 aromatic heterocycles. The minimum atomic E-state index is -0.286. The minimum Gasteiger partial charge on any atom is -0.295 e. The van der Waals surface area contributed by atoms with E-state index in [0.29, 0.717) is 22.7 Å². The lowest BCUT2D eigenvalue weighted by atomic mass is 10.0. The molecule has 0 radical (unpaired) electrons. The van der Waals surface area contributed by atoms with Gasteiger partial charge < -0.3 is 0 Å². The highest BCUT2D eigenvalue weighted by Gasteiger charge is 2.19. The van der Waals surface area contributed by atoms with Crippen molar-refractivity contribution in [1.29, 1.82) is 0 Å². The van der Waals surface area contributed by atoms with E-state index < -0.39 is 0 Å². The van der Waals surface area contributed by atoms with Crippen LogP contribution in [-0.4, -0.2) is 25.5 Å². The quantitative estimate of drug-likeness (QED) is 0.354. The van der Waals surface area contributed by atoms with E-state index in [4.69, 9.17) is 0 Å². The Labute approximate surface area is 171 Å². The van der Waals surface area contributed by atoms with Crippen molar-refractivity contribution < 1.29 is 0 Å². The topological polar surface area (TPSA) is 108 Å². The molecule has 8 heteroatoms. The lowest BCUT2D eigenvalue weighted by Crippen LogP contribution is -2.22. The molecule has 4 rings (SSSR count). The molecule has 0 aliphatic rings. The second kappa shape index (κ2) is 8.04. The van der Waals surface area contributed by atoms with Crippen molar-refractivity contribution in [3.05, 3.63) is 110 Å². The Morgan fingerprint density at radius 3 is 2.33 bits per heavy atom. The first kappa shape index (κ1) is 19.1. The fraction of sp³-hybridized carbons (Fsp3) is 0.0909. The van der Waals surface area contributed by atoms with Gasteiger partial charge in [0.05, 0.1) is 11.3 Å².